The van der Waals surface area contributed by atoms with Crippen molar-refractivity contribution >= 4 is 5.97 Å². The summed E-state index contributed by atoms with van der Waals surface area (Å²) in [4.78, 5) is 12.8. The highest BCUT2D eigenvalue weighted by Gasteiger charge is 2.48. The molecule has 2 rings (SSSR count). The fraction of sp³-hybridized carbons (Fsp3) is 0.933. The van der Waals surface area contributed by atoms with Crippen molar-refractivity contribution in [1.82, 2.24) is 10.6 Å². The summed E-state index contributed by atoms with van der Waals surface area (Å²) in [5.41, 5.74) is -0.636. The van der Waals surface area contributed by atoms with Gasteiger partial charge in [0.05, 0.1) is 5.41 Å². The fourth-order valence-electron chi connectivity index (χ4n) is 3.41. The van der Waals surface area contributed by atoms with Crippen molar-refractivity contribution in [2.24, 2.45) is 11.3 Å². The number of carbonyl (C=O) groups is 1. The van der Waals surface area contributed by atoms with E-state index in [9.17, 15) is 4.79 Å². The molecule has 19 heavy (non-hydrogen) atoms. The van der Waals surface area contributed by atoms with Crippen molar-refractivity contribution in [3.05, 3.63) is 0 Å². The molecule has 0 aromatic heterocycles. The first-order chi connectivity index (χ1) is 8.94. The second-order valence-corrected chi connectivity index (χ2v) is 6.93. The minimum absolute atomic E-state index is 0.0356. The van der Waals surface area contributed by atoms with E-state index in [2.05, 4.69) is 10.6 Å². The Bertz CT molecular complexity index is 311. The summed E-state index contributed by atoms with van der Waals surface area (Å²) in [7, 11) is 0. The molecule has 2 N–H and O–H groups in total. The summed E-state index contributed by atoms with van der Waals surface area (Å²) < 4.78 is 5.75. The molecule has 110 valence electrons. The average molecular weight is 268 g/mol. The quantitative estimate of drug-likeness (QED) is 0.748. The van der Waals surface area contributed by atoms with E-state index in [0.717, 1.165) is 51.9 Å². The number of nitrogens with one attached hydrogen (secondary N) is 2. The standard InChI is InChI=1S/C15H28N2O2/c1-14(2,3)19-13(18)15(6-10-17-11-7-15)12-4-8-16-9-5-12/h12,16-17H,4-11H2,1-3H3. The minimum atomic E-state index is -0.387. The van der Waals surface area contributed by atoms with Crippen molar-refractivity contribution in [3.63, 3.8) is 0 Å². The van der Waals surface area contributed by atoms with E-state index in [0.29, 0.717) is 5.92 Å². The van der Waals surface area contributed by atoms with E-state index in [1.54, 1.807) is 0 Å². The van der Waals surface area contributed by atoms with Gasteiger partial charge in [0, 0.05) is 0 Å². The average Bonchev–Trinajstić information content (AvgIpc) is 2.38. The first kappa shape index (κ1) is 14.8. The van der Waals surface area contributed by atoms with Gasteiger partial charge in [-0.1, -0.05) is 0 Å². The third-order valence-corrected chi connectivity index (χ3v) is 4.42. The molecule has 4 nitrogen and oxygen atoms in total. The number of ether oxygens (including phenoxy) is 1. The lowest BCUT2D eigenvalue weighted by Gasteiger charge is -2.44. The Labute approximate surface area is 116 Å². The van der Waals surface area contributed by atoms with Gasteiger partial charge in [0.2, 0.25) is 0 Å². The van der Waals surface area contributed by atoms with Crippen molar-refractivity contribution < 1.29 is 9.53 Å². The van der Waals surface area contributed by atoms with E-state index in [4.69, 9.17) is 4.74 Å². The van der Waals surface area contributed by atoms with Crippen LogP contribution in [0.5, 0.6) is 0 Å². The van der Waals surface area contributed by atoms with Crippen LogP contribution in [0.15, 0.2) is 0 Å². The normalized spacial score (nSPS) is 25.0. The molecule has 2 saturated heterocycles. The zero-order chi connectivity index (χ0) is 13.9. The maximum Gasteiger partial charge on any atom is 0.312 e. The summed E-state index contributed by atoms with van der Waals surface area (Å²) >= 11 is 0. The van der Waals surface area contributed by atoms with E-state index in [1.807, 2.05) is 20.8 Å². The van der Waals surface area contributed by atoms with Gasteiger partial charge in [0.15, 0.2) is 0 Å². The Morgan fingerprint density at radius 2 is 1.58 bits per heavy atom. The molecule has 0 radical (unpaired) electrons. The molecule has 0 saturated carbocycles. The molecule has 0 amide bonds. The largest absolute Gasteiger partial charge is 0.460 e. The van der Waals surface area contributed by atoms with Crippen molar-refractivity contribution in [1.29, 1.82) is 0 Å². The zero-order valence-corrected chi connectivity index (χ0v) is 12.6. The predicted molar refractivity (Wildman–Crippen MR) is 76.0 cm³/mol. The molecular formula is C15H28N2O2. The third kappa shape index (κ3) is 3.48. The third-order valence-electron chi connectivity index (χ3n) is 4.42. The lowest BCUT2D eigenvalue weighted by Crippen LogP contribution is -2.51. The van der Waals surface area contributed by atoms with Gasteiger partial charge in [0.25, 0.3) is 0 Å². The van der Waals surface area contributed by atoms with Crippen LogP contribution in [0.25, 0.3) is 0 Å². The van der Waals surface area contributed by atoms with E-state index in [1.165, 1.54) is 0 Å². The Balaban J connectivity index is 2.15. The number of carbonyl (C=O) groups excluding carboxylic acids is 1. The van der Waals surface area contributed by atoms with Crippen LogP contribution >= 0.6 is 0 Å². The van der Waals surface area contributed by atoms with Crippen LogP contribution in [-0.4, -0.2) is 37.7 Å². The van der Waals surface area contributed by atoms with Crippen LogP contribution in [0.4, 0.5) is 0 Å². The number of rotatable bonds is 2. The maximum absolute atomic E-state index is 12.8. The highest BCUT2D eigenvalue weighted by Crippen LogP contribution is 2.43. The van der Waals surface area contributed by atoms with Gasteiger partial charge >= 0.3 is 5.97 Å². The van der Waals surface area contributed by atoms with Gasteiger partial charge in [-0.3, -0.25) is 4.79 Å². The lowest BCUT2D eigenvalue weighted by atomic mass is 9.65. The predicted octanol–water partition coefficient (Wildman–Crippen LogP) is 1.70. The van der Waals surface area contributed by atoms with Crippen LogP contribution in [0.1, 0.15) is 46.5 Å². The summed E-state index contributed by atoms with van der Waals surface area (Å²) in [5, 5.41) is 6.76. The molecule has 2 aliphatic heterocycles. The van der Waals surface area contributed by atoms with Crippen molar-refractivity contribution in [2.45, 2.75) is 52.1 Å². The molecule has 0 atom stereocenters. The van der Waals surface area contributed by atoms with Crippen LogP contribution in [0.2, 0.25) is 0 Å². The number of piperidine rings is 2. The lowest BCUT2D eigenvalue weighted by molar-refractivity contribution is -0.174. The highest BCUT2D eigenvalue weighted by molar-refractivity contribution is 5.78. The molecular weight excluding hydrogens is 240 g/mol. The summed E-state index contributed by atoms with van der Waals surface area (Å²) in [6.45, 7) is 9.81. The number of hydrogen-bond donors (Lipinski definition) is 2. The first-order valence-electron chi connectivity index (χ1n) is 7.59. The summed E-state index contributed by atoms with van der Waals surface area (Å²) in [5.74, 6) is 0.513. The Morgan fingerprint density at radius 1 is 1.05 bits per heavy atom. The van der Waals surface area contributed by atoms with Gasteiger partial charge in [-0.2, -0.15) is 0 Å². The van der Waals surface area contributed by atoms with Gasteiger partial charge in [-0.15, -0.1) is 0 Å². The van der Waals surface area contributed by atoms with Crippen LogP contribution < -0.4 is 10.6 Å². The van der Waals surface area contributed by atoms with Gasteiger partial charge in [-0.25, -0.2) is 0 Å². The van der Waals surface area contributed by atoms with Gasteiger partial charge in [-0.05, 0) is 78.6 Å². The van der Waals surface area contributed by atoms with Crippen LogP contribution in [-0.2, 0) is 9.53 Å². The van der Waals surface area contributed by atoms with Crippen LogP contribution in [0, 0.1) is 11.3 Å². The molecule has 0 aliphatic carbocycles. The van der Waals surface area contributed by atoms with Crippen LogP contribution in [0.3, 0.4) is 0 Å². The molecule has 4 heteroatoms. The molecule has 0 bridgehead atoms. The first-order valence-corrected chi connectivity index (χ1v) is 7.59. The second-order valence-electron chi connectivity index (χ2n) is 6.93. The zero-order valence-electron chi connectivity index (χ0n) is 12.6. The Hall–Kier alpha value is -0.610. The molecule has 2 aliphatic rings. The topological polar surface area (TPSA) is 50.4 Å². The van der Waals surface area contributed by atoms with E-state index in [-0.39, 0.29) is 17.0 Å². The monoisotopic (exact) mass is 268 g/mol. The van der Waals surface area contributed by atoms with Gasteiger partial charge in [0.1, 0.15) is 5.60 Å². The molecule has 2 fully saturated rings. The fourth-order valence-corrected chi connectivity index (χ4v) is 3.41. The second kappa shape index (κ2) is 5.80. The smallest absolute Gasteiger partial charge is 0.312 e. The number of hydrogen-bond acceptors (Lipinski definition) is 4. The number of esters is 1. The molecule has 0 unspecified atom stereocenters. The Kier molecular flexibility index (Phi) is 4.51. The maximum atomic E-state index is 12.8. The molecule has 0 aromatic carbocycles. The minimum Gasteiger partial charge on any atom is -0.460 e. The molecule has 0 aromatic rings. The van der Waals surface area contributed by atoms with Crippen molar-refractivity contribution in [3.8, 4) is 0 Å². The summed E-state index contributed by atoms with van der Waals surface area (Å²) in [6.07, 6.45) is 4.04. The summed E-state index contributed by atoms with van der Waals surface area (Å²) in [6, 6.07) is 0. The van der Waals surface area contributed by atoms with Crippen molar-refractivity contribution in [2.75, 3.05) is 26.2 Å². The highest BCUT2D eigenvalue weighted by atomic mass is 16.6. The molecule has 2 heterocycles. The van der Waals surface area contributed by atoms with E-state index >= 15 is 0 Å². The van der Waals surface area contributed by atoms with E-state index < -0.39 is 0 Å². The Morgan fingerprint density at radius 3 is 2.11 bits per heavy atom. The molecule has 0 spiro atoms. The SMILES string of the molecule is CC(C)(C)OC(=O)C1(C2CCNCC2)CCNCC1. The van der Waals surface area contributed by atoms with Gasteiger partial charge < -0.3 is 15.4 Å².